The molecule has 0 amide bonds. The molecule has 1 aliphatic carbocycles. The van der Waals surface area contributed by atoms with Crippen LogP contribution in [0.5, 0.6) is 5.75 Å². The second-order valence-corrected chi connectivity index (χ2v) is 6.77. The first kappa shape index (κ1) is 15.7. The van der Waals surface area contributed by atoms with Gasteiger partial charge in [0.05, 0.1) is 25.8 Å². The lowest BCUT2D eigenvalue weighted by Crippen LogP contribution is -2.38. The van der Waals surface area contributed by atoms with Crippen LogP contribution in [0.4, 0.5) is 0 Å². The predicted molar refractivity (Wildman–Crippen MR) is 90.9 cm³/mol. The molecule has 2 fully saturated rings. The largest absolute Gasteiger partial charge is 0.493 e. The van der Waals surface area contributed by atoms with Gasteiger partial charge in [0.25, 0.3) is 0 Å². The van der Waals surface area contributed by atoms with Crippen LogP contribution in [0.1, 0.15) is 43.7 Å². The summed E-state index contributed by atoms with van der Waals surface area (Å²) in [6.07, 6.45) is 5.25. The molecule has 0 aromatic heterocycles. The van der Waals surface area contributed by atoms with Gasteiger partial charge in [0.2, 0.25) is 0 Å². The molecule has 2 heterocycles. The molecule has 2 aliphatic heterocycles. The average Bonchev–Trinajstić information content (AvgIpc) is 3.23. The van der Waals surface area contributed by atoms with Crippen molar-refractivity contribution in [3.8, 4) is 5.75 Å². The summed E-state index contributed by atoms with van der Waals surface area (Å²) in [5.74, 6) is 1.04. The van der Waals surface area contributed by atoms with Crippen molar-refractivity contribution in [3.63, 3.8) is 0 Å². The van der Waals surface area contributed by atoms with Crippen molar-refractivity contribution in [1.29, 1.82) is 0 Å². The van der Waals surface area contributed by atoms with Crippen LogP contribution < -0.4 is 15.8 Å². The highest BCUT2D eigenvalue weighted by molar-refractivity contribution is 5.78. The predicted octanol–water partition coefficient (Wildman–Crippen LogP) is 2.10. The van der Waals surface area contributed by atoms with Crippen LogP contribution in [-0.4, -0.2) is 37.6 Å². The zero-order valence-electron chi connectivity index (χ0n) is 13.9. The number of benzene rings is 1. The summed E-state index contributed by atoms with van der Waals surface area (Å²) in [6, 6.07) is 8.19. The first-order chi connectivity index (χ1) is 11.7. The lowest BCUT2D eigenvalue weighted by molar-refractivity contribution is -0.160. The van der Waals surface area contributed by atoms with Crippen molar-refractivity contribution < 1.29 is 14.2 Å². The van der Waals surface area contributed by atoms with E-state index in [9.17, 15) is 0 Å². The van der Waals surface area contributed by atoms with Crippen LogP contribution in [0.15, 0.2) is 29.3 Å². The molecular formula is C18H25N3O3. The number of guanidine groups is 1. The normalized spacial score (nSPS) is 28.6. The molecular weight excluding hydrogens is 306 g/mol. The van der Waals surface area contributed by atoms with E-state index in [2.05, 4.69) is 16.4 Å². The number of ether oxygens (including phenoxy) is 3. The number of hydrogen-bond acceptors (Lipinski definition) is 4. The average molecular weight is 331 g/mol. The lowest BCUT2D eigenvalue weighted by atomic mass is 10.0. The molecule has 1 saturated carbocycles. The Morgan fingerprint density at radius 1 is 1.29 bits per heavy atom. The summed E-state index contributed by atoms with van der Waals surface area (Å²) < 4.78 is 17.6. The van der Waals surface area contributed by atoms with Crippen LogP contribution in [0, 0.1) is 0 Å². The van der Waals surface area contributed by atoms with Gasteiger partial charge in [-0.25, -0.2) is 0 Å². The number of nitrogens with zero attached hydrogens (tertiary/aromatic N) is 1. The Morgan fingerprint density at radius 2 is 2.12 bits per heavy atom. The van der Waals surface area contributed by atoms with E-state index in [1.807, 2.05) is 18.2 Å². The standard InChI is InChI=1S/C18H25N3O3/c19-17(20-11-13-12-23-18(24-13)8-3-4-9-18)21-15-7-10-22-16-6-2-1-5-14(15)16/h1-2,5-6,13,15H,3-4,7-12H2,(H3,19,20,21). The fraction of sp³-hybridized carbons (Fsp3) is 0.611. The highest BCUT2D eigenvalue weighted by atomic mass is 16.7. The minimum atomic E-state index is -0.331. The number of aliphatic imine (C=N–C) groups is 1. The topological polar surface area (TPSA) is 78.1 Å². The van der Waals surface area contributed by atoms with Gasteiger partial charge in [0, 0.05) is 24.8 Å². The van der Waals surface area contributed by atoms with Crippen molar-refractivity contribution in [2.45, 2.75) is 50.0 Å². The Bertz CT molecular complexity index is 613. The molecule has 1 aromatic carbocycles. The third-order valence-corrected chi connectivity index (χ3v) is 5.02. The number of nitrogens with two attached hydrogens (primary N) is 1. The van der Waals surface area contributed by atoms with E-state index >= 15 is 0 Å². The van der Waals surface area contributed by atoms with Crippen LogP contribution >= 0.6 is 0 Å². The van der Waals surface area contributed by atoms with Gasteiger partial charge in [0.1, 0.15) is 11.9 Å². The van der Waals surface area contributed by atoms with E-state index in [-0.39, 0.29) is 17.9 Å². The molecule has 24 heavy (non-hydrogen) atoms. The Hall–Kier alpha value is -1.79. The fourth-order valence-electron chi connectivity index (χ4n) is 3.80. The van der Waals surface area contributed by atoms with E-state index in [1.165, 1.54) is 12.8 Å². The van der Waals surface area contributed by atoms with Crippen molar-refractivity contribution in [1.82, 2.24) is 5.32 Å². The third-order valence-electron chi connectivity index (χ3n) is 5.02. The monoisotopic (exact) mass is 331 g/mol. The third kappa shape index (κ3) is 3.21. The summed E-state index contributed by atoms with van der Waals surface area (Å²) in [5.41, 5.74) is 7.22. The minimum Gasteiger partial charge on any atom is -0.493 e. The van der Waals surface area contributed by atoms with Crippen molar-refractivity contribution in [2.75, 3.05) is 19.8 Å². The van der Waals surface area contributed by atoms with Crippen molar-refractivity contribution >= 4 is 5.96 Å². The minimum absolute atomic E-state index is 0.00502. The van der Waals surface area contributed by atoms with Gasteiger partial charge < -0.3 is 25.3 Å². The maximum Gasteiger partial charge on any atom is 0.189 e. The number of fused-ring (bicyclic) bond motifs is 1. The molecule has 6 heteroatoms. The lowest BCUT2D eigenvalue weighted by Gasteiger charge is -2.27. The fourth-order valence-corrected chi connectivity index (χ4v) is 3.80. The number of para-hydroxylation sites is 1. The maximum atomic E-state index is 6.09. The molecule has 2 atom stereocenters. The molecule has 1 spiro atoms. The number of rotatable bonds is 3. The first-order valence-corrected chi connectivity index (χ1v) is 8.84. The maximum absolute atomic E-state index is 6.09. The van der Waals surface area contributed by atoms with E-state index < -0.39 is 0 Å². The number of hydrogen-bond donors (Lipinski definition) is 2. The van der Waals surface area contributed by atoms with Gasteiger partial charge in [-0.05, 0) is 18.9 Å². The molecule has 1 saturated heterocycles. The summed E-state index contributed by atoms with van der Waals surface area (Å²) in [5, 5.41) is 3.31. The van der Waals surface area contributed by atoms with Gasteiger partial charge in [-0.1, -0.05) is 18.2 Å². The smallest absolute Gasteiger partial charge is 0.189 e. The second kappa shape index (κ2) is 6.61. The zero-order valence-corrected chi connectivity index (χ0v) is 13.9. The van der Waals surface area contributed by atoms with E-state index in [0.29, 0.717) is 25.7 Å². The van der Waals surface area contributed by atoms with Crippen LogP contribution in [0.2, 0.25) is 0 Å². The van der Waals surface area contributed by atoms with Crippen LogP contribution in [0.25, 0.3) is 0 Å². The van der Waals surface area contributed by atoms with Crippen LogP contribution in [-0.2, 0) is 9.47 Å². The van der Waals surface area contributed by atoms with Gasteiger partial charge in [-0.15, -0.1) is 0 Å². The van der Waals surface area contributed by atoms with Crippen molar-refractivity contribution in [3.05, 3.63) is 29.8 Å². The van der Waals surface area contributed by atoms with Gasteiger partial charge >= 0.3 is 0 Å². The summed E-state index contributed by atoms with van der Waals surface area (Å²) in [7, 11) is 0. The molecule has 6 nitrogen and oxygen atoms in total. The van der Waals surface area contributed by atoms with Gasteiger partial charge in [0.15, 0.2) is 11.7 Å². The molecule has 0 radical (unpaired) electrons. The Kier molecular flexibility index (Phi) is 4.33. The quantitative estimate of drug-likeness (QED) is 0.655. The van der Waals surface area contributed by atoms with Gasteiger partial charge in [-0.3, -0.25) is 4.99 Å². The second-order valence-electron chi connectivity index (χ2n) is 6.77. The van der Waals surface area contributed by atoms with E-state index in [0.717, 1.165) is 30.6 Å². The molecule has 1 aromatic rings. The summed E-state index contributed by atoms with van der Waals surface area (Å²) in [6.45, 7) is 1.83. The molecule has 3 N–H and O–H groups in total. The Labute approximate surface area is 142 Å². The molecule has 3 aliphatic rings. The highest BCUT2D eigenvalue weighted by Gasteiger charge is 2.43. The van der Waals surface area contributed by atoms with Crippen LogP contribution in [0.3, 0.4) is 0 Å². The van der Waals surface area contributed by atoms with Gasteiger partial charge in [-0.2, -0.15) is 0 Å². The summed E-state index contributed by atoms with van der Waals surface area (Å²) in [4.78, 5) is 4.47. The van der Waals surface area contributed by atoms with E-state index in [1.54, 1.807) is 0 Å². The Balaban J connectivity index is 1.34. The molecule has 0 bridgehead atoms. The summed E-state index contributed by atoms with van der Waals surface area (Å²) >= 11 is 0. The molecule has 4 rings (SSSR count). The highest BCUT2D eigenvalue weighted by Crippen LogP contribution is 2.39. The first-order valence-electron chi connectivity index (χ1n) is 8.84. The SMILES string of the molecule is NC(=NCC1COC2(CCCC2)O1)NC1CCOc2ccccc21. The molecule has 2 unspecified atom stereocenters. The zero-order chi connectivity index (χ0) is 16.4. The van der Waals surface area contributed by atoms with E-state index in [4.69, 9.17) is 19.9 Å². The Morgan fingerprint density at radius 3 is 3.00 bits per heavy atom. The van der Waals surface area contributed by atoms with Crippen molar-refractivity contribution in [2.24, 2.45) is 10.7 Å². The molecule has 130 valence electrons. The number of nitrogens with one attached hydrogen (secondary N) is 1.